The highest BCUT2D eigenvalue weighted by atomic mass is 16.4. The number of unbranched alkanes of at least 4 members (excludes halogenated alkanes) is 5. The van der Waals surface area contributed by atoms with E-state index in [-0.39, 0.29) is 12.3 Å². The van der Waals surface area contributed by atoms with Gasteiger partial charge in [-0.1, -0.05) is 39.0 Å². The number of aliphatic carboxylic acids is 1. The van der Waals surface area contributed by atoms with E-state index in [0.29, 0.717) is 6.54 Å². The number of nitrogens with two attached hydrogens (primary N) is 1. The Hall–Kier alpha value is -1.10. The van der Waals surface area contributed by atoms with Gasteiger partial charge in [0.25, 0.3) is 0 Å². The molecule has 0 aromatic carbocycles. The van der Waals surface area contributed by atoms with Crippen LogP contribution in [0.4, 0.5) is 0 Å². The summed E-state index contributed by atoms with van der Waals surface area (Å²) in [6, 6.07) is -0.937. The Morgan fingerprint density at radius 3 is 2.35 bits per heavy atom. The number of rotatable bonds is 10. The molecule has 0 aliphatic rings. The number of carboxylic acids is 1. The number of hydrogen-bond acceptors (Lipinski definition) is 3. The molecular formula is C12H24N2O3. The van der Waals surface area contributed by atoms with Crippen molar-refractivity contribution in [3.05, 3.63) is 0 Å². The lowest BCUT2D eigenvalue weighted by Gasteiger charge is -2.09. The van der Waals surface area contributed by atoms with Crippen molar-refractivity contribution in [3.63, 3.8) is 0 Å². The van der Waals surface area contributed by atoms with Gasteiger partial charge in [0.05, 0.1) is 12.5 Å². The molecular weight excluding hydrogens is 220 g/mol. The molecule has 0 fully saturated rings. The lowest BCUT2D eigenvalue weighted by Crippen LogP contribution is -2.42. The maximum absolute atomic E-state index is 11.3. The molecule has 0 saturated heterocycles. The monoisotopic (exact) mass is 244 g/mol. The third-order valence-corrected chi connectivity index (χ3v) is 2.56. The summed E-state index contributed by atoms with van der Waals surface area (Å²) in [5.74, 6) is -1.42. The molecule has 0 bridgehead atoms. The van der Waals surface area contributed by atoms with Crippen molar-refractivity contribution in [2.75, 3.05) is 6.54 Å². The summed E-state index contributed by atoms with van der Waals surface area (Å²) < 4.78 is 0. The first-order valence-electron chi connectivity index (χ1n) is 6.33. The molecule has 1 atom stereocenters. The number of carboxylic acid groups (broad SMARTS) is 1. The standard InChI is InChI=1S/C12H24N2O3/c1-2-3-4-5-6-7-8-14-12(17)10(13)9-11(15)16/h10H,2-9,13H2,1H3,(H,14,17)(H,15,16)/t10-/m0/s1. The van der Waals surface area contributed by atoms with E-state index >= 15 is 0 Å². The number of carbonyl (C=O) groups excluding carboxylic acids is 1. The van der Waals surface area contributed by atoms with Crippen LogP contribution < -0.4 is 11.1 Å². The van der Waals surface area contributed by atoms with Crippen molar-refractivity contribution in [1.82, 2.24) is 5.32 Å². The third-order valence-electron chi connectivity index (χ3n) is 2.56. The molecule has 0 aliphatic heterocycles. The molecule has 17 heavy (non-hydrogen) atoms. The van der Waals surface area contributed by atoms with Gasteiger partial charge in [-0.05, 0) is 6.42 Å². The summed E-state index contributed by atoms with van der Waals surface area (Å²) in [6.07, 6.45) is 6.61. The van der Waals surface area contributed by atoms with E-state index in [0.717, 1.165) is 12.8 Å². The van der Waals surface area contributed by atoms with Gasteiger partial charge in [-0.2, -0.15) is 0 Å². The van der Waals surface area contributed by atoms with E-state index in [1.807, 2.05) is 0 Å². The number of carbonyl (C=O) groups is 2. The Kier molecular flexibility index (Phi) is 9.43. The number of hydrogen-bond donors (Lipinski definition) is 3. The molecule has 0 saturated carbocycles. The summed E-state index contributed by atoms with van der Waals surface area (Å²) in [5, 5.41) is 11.1. The fraction of sp³-hybridized carbons (Fsp3) is 0.833. The van der Waals surface area contributed by atoms with Crippen LogP contribution in [-0.4, -0.2) is 29.6 Å². The van der Waals surface area contributed by atoms with Gasteiger partial charge in [0.2, 0.25) is 5.91 Å². The fourth-order valence-electron chi connectivity index (χ4n) is 1.53. The van der Waals surface area contributed by atoms with Gasteiger partial charge in [-0.3, -0.25) is 9.59 Å². The molecule has 0 aliphatic carbocycles. The molecule has 100 valence electrons. The lowest BCUT2D eigenvalue weighted by atomic mass is 10.1. The van der Waals surface area contributed by atoms with Crippen LogP contribution in [0.3, 0.4) is 0 Å². The molecule has 0 aromatic rings. The Morgan fingerprint density at radius 2 is 1.76 bits per heavy atom. The smallest absolute Gasteiger partial charge is 0.305 e. The molecule has 0 rings (SSSR count). The molecule has 4 N–H and O–H groups in total. The van der Waals surface area contributed by atoms with Gasteiger partial charge in [0.15, 0.2) is 0 Å². The molecule has 0 unspecified atom stereocenters. The van der Waals surface area contributed by atoms with Crippen LogP contribution in [0.5, 0.6) is 0 Å². The van der Waals surface area contributed by atoms with Crippen LogP contribution in [-0.2, 0) is 9.59 Å². The van der Waals surface area contributed by atoms with Gasteiger partial charge < -0.3 is 16.2 Å². The third kappa shape index (κ3) is 9.81. The zero-order valence-electron chi connectivity index (χ0n) is 10.6. The molecule has 5 nitrogen and oxygen atoms in total. The van der Waals surface area contributed by atoms with Crippen molar-refractivity contribution >= 4 is 11.9 Å². The molecule has 0 radical (unpaired) electrons. The molecule has 0 spiro atoms. The van der Waals surface area contributed by atoms with Crippen LogP contribution in [0.2, 0.25) is 0 Å². The van der Waals surface area contributed by atoms with Crippen molar-refractivity contribution in [2.24, 2.45) is 5.73 Å². The van der Waals surface area contributed by atoms with E-state index < -0.39 is 12.0 Å². The topological polar surface area (TPSA) is 92.4 Å². The lowest BCUT2D eigenvalue weighted by molar-refractivity contribution is -0.139. The second kappa shape index (κ2) is 10.1. The predicted molar refractivity (Wildman–Crippen MR) is 66.6 cm³/mol. The second-order valence-electron chi connectivity index (χ2n) is 4.26. The summed E-state index contributed by atoms with van der Waals surface area (Å²) in [4.78, 5) is 21.6. The van der Waals surface area contributed by atoms with Crippen molar-refractivity contribution < 1.29 is 14.7 Å². The predicted octanol–water partition coefficient (Wildman–Crippen LogP) is 1.27. The average molecular weight is 244 g/mol. The first kappa shape index (κ1) is 15.9. The fourth-order valence-corrected chi connectivity index (χ4v) is 1.53. The van der Waals surface area contributed by atoms with Gasteiger partial charge in [-0.25, -0.2) is 0 Å². The van der Waals surface area contributed by atoms with Gasteiger partial charge in [0, 0.05) is 6.54 Å². The molecule has 0 aromatic heterocycles. The Morgan fingerprint density at radius 1 is 1.18 bits per heavy atom. The maximum atomic E-state index is 11.3. The molecule has 1 amide bonds. The maximum Gasteiger partial charge on any atom is 0.305 e. The molecule has 5 heteroatoms. The van der Waals surface area contributed by atoms with Gasteiger partial charge in [0.1, 0.15) is 0 Å². The highest BCUT2D eigenvalue weighted by Crippen LogP contribution is 2.04. The summed E-state index contributed by atoms with van der Waals surface area (Å²) in [7, 11) is 0. The number of nitrogens with one attached hydrogen (secondary N) is 1. The van der Waals surface area contributed by atoms with E-state index in [4.69, 9.17) is 10.8 Å². The zero-order chi connectivity index (χ0) is 13.1. The minimum absolute atomic E-state index is 0.317. The highest BCUT2D eigenvalue weighted by Gasteiger charge is 2.15. The minimum Gasteiger partial charge on any atom is -0.481 e. The first-order valence-corrected chi connectivity index (χ1v) is 6.33. The second-order valence-corrected chi connectivity index (χ2v) is 4.26. The summed E-state index contributed by atoms with van der Waals surface area (Å²) in [5.41, 5.74) is 5.41. The SMILES string of the molecule is CCCCCCCCNC(=O)[C@@H](N)CC(=O)O. The van der Waals surface area contributed by atoms with Crippen LogP contribution in [0, 0.1) is 0 Å². The first-order chi connectivity index (χ1) is 8.07. The number of amides is 1. The Labute approximate surface area is 103 Å². The zero-order valence-corrected chi connectivity index (χ0v) is 10.6. The van der Waals surface area contributed by atoms with Crippen molar-refractivity contribution in [2.45, 2.75) is 57.9 Å². The minimum atomic E-state index is -1.05. The Bertz CT molecular complexity index is 232. The van der Waals surface area contributed by atoms with Crippen LogP contribution in [0.15, 0.2) is 0 Å². The Balaban J connectivity index is 3.41. The summed E-state index contributed by atoms with van der Waals surface area (Å²) in [6.45, 7) is 2.75. The highest BCUT2D eigenvalue weighted by molar-refractivity contribution is 5.85. The van der Waals surface area contributed by atoms with Crippen LogP contribution >= 0.6 is 0 Å². The van der Waals surface area contributed by atoms with E-state index in [2.05, 4.69) is 12.2 Å². The average Bonchev–Trinajstić information content (AvgIpc) is 2.26. The van der Waals surface area contributed by atoms with E-state index in [1.54, 1.807) is 0 Å². The largest absolute Gasteiger partial charge is 0.481 e. The van der Waals surface area contributed by atoms with Crippen molar-refractivity contribution in [3.8, 4) is 0 Å². The van der Waals surface area contributed by atoms with Gasteiger partial charge >= 0.3 is 5.97 Å². The van der Waals surface area contributed by atoms with E-state index in [1.165, 1.54) is 25.7 Å². The van der Waals surface area contributed by atoms with E-state index in [9.17, 15) is 9.59 Å². The van der Waals surface area contributed by atoms with Crippen LogP contribution in [0.25, 0.3) is 0 Å². The normalized spacial score (nSPS) is 12.1. The van der Waals surface area contributed by atoms with Crippen molar-refractivity contribution in [1.29, 1.82) is 0 Å². The molecule has 0 heterocycles. The van der Waals surface area contributed by atoms with Gasteiger partial charge in [-0.15, -0.1) is 0 Å². The van der Waals surface area contributed by atoms with Crippen LogP contribution in [0.1, 0.15) is 51.9 Å². The summed E-state index contributed by atoms with van der Waals surface area (Å²) >= 11 is 0. The quantitative estimate of drug-likeness (QED) is 0.504.